The number of morpholine rings is 1. The second kappa shape index (κ2) is 5.71. The highest BCUT2D eigenvalue weighted by Gasteiger charge is 2.25. The monoisotopic (exact) mass is 266 g/mol. The van der Waals surface area contributed by atoms with E-state index in [-0.39, 0.29) is 5.54 Å². The highest BCUT2D eigenvalue weighted by molar-refractivity contribution is 5.89. The van der Waals surface area contributed by atoms with Gasteiger partial charge in [-0.05, 0) is 20.3 Å². The topological polar surface area (TPSA) is 73.4 Å². The quantitative estimate of drug-likeness (QED) is 0.839. The Hall–Kier alpha value is -1.40. The van der Waals surface area contributed by atoms with E-state index in [0.29, 0.717) is 5.82 Å². The first kappa shape index (κ1) is 14.0. The molecule has 1 fully saturated rings. The minimum Gasteiger partial charge on any atom is -0.379 e. The summed E-state index contributed by atoms with van der Waals surface area (Å²) >= 11 is 0. The Bertz CT molecular complexity index is 436. The van der Waals surface area contributed by atoms with Crippen LogP contribution >= 0.6 is 0 Å². The number of nitrogens with two attached hydrogens (primary N) is 1. The zero-order chi connectivity index (χ0) is 13.9. The molecule has 0 unspecified atom stereocenters. The van der Waals surface area contributed by atoms with E-state index in [1.165, 1.54) is 0 Å². The Morgan fingerprint density at radius 2 is 2.16 bits per heavy atom. The summed E-state index contributed by atoms with van der Waals surface area (Å²) in [7, 11) is 0. The summed E-state index contributed by atoms with van der Waals surface area (Å²) in [6, 6.07) is 0. The van der Waals surface area contributed by atoms with Gasteiger partial charge in [0.2, 0.25) is 0 Å². The number of carbonyl (C=O) groups excluding carboxylic acids is 1. The first-order chi connectivity index (χ1) is 9.00. The molecule has 1 aliphatic heterocycles. The lowest BCUT2D eigenvalue weighted by atomic mass is 9.99. The summed E-state index contributed by atoms with van der Waals surface area (Å²) in [5, 5.41) is 0. The number of aromatic nitrogens is 2. The molecule has 0 saturated carbocycles. The van der Waals surface area contributed by atoms with E-state index in [0.717, 1.165) is 39.3 Å². The second-order valence-electron chi connectivity index (χ2n) is 5.50. The molecular weight excluding hydrogens is 244 g/mol. The van der Waals surface area contributed by atoms with Crippen LogP contribution in [-0.4, -0.2) is 53.2 Å². The van der Waals surface area contributed by atoms with Crippen LogP contribution in [0.5, 0.6) is 0 Å². The molecule has 106 valence electrons. The predicted octanol–water partition coefficient (Wildman–Crippen LogP) is 0.439. The van der Waals surface area contributed by atoms with Crippen molar-refractivity contribution >= 4 is 5.91 Å². The minimum atomic E-state index is -0.482. The summed E-state index contributed by atoms with van der Waals surface area (Å²) in [6.45, 7) is 8.73. The molecule has 1 saturated heterocycles. The summed E-state index contributed by atoms with van der Waals surface area (Å²) < 4.78 is 7.21. The van der Waals surface area contributed by atoms with Crippen molar-refractivity contribution < 1.29 is 9.53 Å². The van der Waals surface area contributed by atoms with E-state index in [2.05, 4.69) is 23.7 Å². The molecule has 2 heterocycles. The number of nitrogens with zero attached hydrogens (tertiary/aromatic N) is 3. The Labute approximate surface area is 113 Å². The number of hydrogen-bond donors (Lipinski definition) is 1. The smallest absolute Gasteiger partial charge is 0.284 e. The van der Waals surface area contributed by atoms with E-state index in [4.69, 9.17) is 10.5 Å². The number of rotatable bonds is 5. The van der Waals surface area contributed by atoms with Crippen molar-refractivity contribution in [1.29, 1.82) is 0 Å². The third kappa shape index (κ3) is 3.33. The SMILES string of the molecule is CC(C)(CCN1CCOCC1)n1ccnc1C(N)=O. The van der Waals surface area contributed by atoms with Crippen molar-refractivity contribution in [1.82, 2.24) is 14.5 Å². The molecule has 6 heteroatoms. The number of primary amides is 1. The highest BCUT2D eigenvalue weighted by Crippen LogP contribution is 2.22. The fraction of sp³-hybridized carbons (Fsp3) is 0.692. The minimum absolute atomic E-state index is 0.181. The lowest BCUT2D eigenvalue weighted by molar-refractivity contribution is 0.0330. The van der Waals surface area contributed by atoms with E-state index in [1.807, 2.05) is 10.8 Å². The van der Waals surface area contributed by atoms with Gasteiger partial charge in [0, 0.05) is 37.6 Å². The Morgan fingerprint density at radius 1 is 1.47 bits per heavy atom. The van der Waals surface area contributed by atoms with Crippen molar-refractivity contribution in [2.45, 2.75) is 25.8 Å². The molecule has 0 aromatic carbocycles. The molecule has 0 radical (unpaired) electrons. The molecule has 0 atom stereocenters. The van der Waals surface area contributed by atoms with Gasteiger partial charge in [0.15, 0.2) is 5.82 Å². The molecule has 1 amide bonds. The summed E-state index contributed by atoms with van der Waals surface area (Å²) in [4.78, 5) is 17.8. The van der Waals surface area contributed by atoms with Crippen molar-refractivity contribution in [3.63, 3.8) is 0 Å². The Balaban J connectivity index is 2.00. The first-order valence-electron chi connectivity index (χ1n) is 6.64. The summed E-state index contributed by atoms with van der Waals surface area (Å²) in [5.41, 5.74) is 5.16. The molecule has 1 aromatic heterocycles. The van der Waals surface area contributed by atoms with E-state index >= 15 is 0 Å². The van der Waals surface area contributed by atoms with Gasteiger partial charge in [-0.25, -0.2) is 4.98 Å². The lowest BCUT2D eigenvalue weighted by Crippen LogP contribution is -2.40. The van der Waals surface area contributed by atoms with Gasteiger partial charge in [0.1, 0.15) is 0 Å². The molecule has 2 N–H and O–H groups in total. The van der Waals surface area contributed by atoms with Crippen LogP contribution in [0.3, 0.4) is 0 Å². The maximum Gasteiger partial charge on any atom is 0.284 e. The number of amides is 1. The molecule has 1 aromatic rings. The number of ether oxygens (including phenoxy) is 1. The van der Waals surface area contributed by atoms with Crippen LogP contribution in [-0.2, 0) is 10.3 Å². The molecule has 6 nitrogen and oxygen atoms in total. The second-order valence-corrected chi connectivity index (χ2v) is 5.50. The lowest BCUT2D eigenvalue weighted by Gasteiger charge is -2.33. The zero-order valence-corrected chi connectivity index (χ0v) is 11.6. The van der Waals surface area contributed by atoms with Crippen molar-refractivity contribution in [3.8, 4) is 0 Å². The van der Waals surface area contributed by atoms with Crippen molar-refractivity contribution in [3.05, 3.63) is 18.2 Å². The van der Waals surface area contributed by atoms with Crippen LogP contribution in [0.2, 0.25) is 0 Å². The number of hydrogen-bond acceptors (Lipinski definition) is 4. The third-order valence-corrected chi connectivity index (χ3v) is 3.66. The summed E-state index contributed by atoms with van der Waals surface area (Å²) in [6.07, 6.45) is 4.37. The van der Waals surface area contributed by atoms with E-state index in [1.54, 1.807) is 6.20 Å². The highest BCUT2D eigenvalue weighted by atomic mass is 16.5. The normalized spacial score (nSPS) is 17.6. The van der Waals surface area contributed by atoms with Gasteiger partial charge in [-0.1, -0.05) is 0 Å². The first-order valence-corrected chi connectivity index (χ1v) is 6.64. The average molecular weight is 266 g/mol. The van der Waals surface area contributed by atoms with Gasteiger partial charge < -0.3 is 15.0 Å². The molecular formula is C13H22N4O2. The molecule has 19 heavy (non-hydrogen) atoms. The maximum atomic E-state index is 11.3. The van der Waals surface area contributed by atoms with E-state index < -0.39 is 5.91 Å². The van der Waals surface area contributed by atoms with Crippen LogP contribution in [0, 0.1) is 0 Å². The Kier molecular flexibility index (Phi) is 4.21. The molecule has 0 spiro atoms. The Morgan fingerprint density at radius 3 is 2.79 bits per heavy atom. The van der Waals surface area contributed by atoms with Gasteiger partial charge in [-0.15, -0.1) is 0 Å². The van der Waals surface area contributed by atoms with Gasteiger partial charge in [-0.2, -0.15) is 0 Å². The van der Waals surface area contributed by atoms with Crippen LogP contribution in [0.1, 0.15) is 30.9 Å². The molecule has 0 bridgehead atoms. The van der Waals surface area contributed by atoms with Crippen molar-refractivity contribution in [2.75, 3.05) is 32.8 Å². The third-order valence-electron chi connectivity index (χ3n) is 3.66. The maximum absolute atomic E-state index is 11.3. The average Bonchev–Trinajstić information content (AvgIpc) is 2.88. The van der Waals surface area contributed by atoms with E-state index in [9.17, 15) is 4.79 Å². The standard InChI is InChI=1S/C13H22N4O2/c1-13(2,3-5-16-7-9-19-10-8-16)17-6-4-15-12(17)11(14)18/h4,6H,3,5,7-10H2,1-2H3,(H2,14,18). The fourth-order valence-electron chi connectivity index (χ4n) is 2.35. The van der Waals surface area contributed by atoms with Gasteiger partial charge >= 0.3 is 0 Å². The molecule has 1 aliphatic rings. The molecule has 2 rings (SSSR count). The number of carbonyl (C=O) groups is 1. The largest absolute Gasteiger partial charge is 0.379 e. The van der Waals surface area contributed by atoms with Crippen LogP contribution in [0.25, 0.3) is 0 Å². The fourth-order valence-corrected chi connectivity index (χ4v) is 2.35. The zero-order valence-electron chi connectivity index (χ0n) is 11.6. The van der Waals surface area contributed by atoms with Gasteiger partial charge in [-0.3, -0.25) is 9.69 Å². The van der Waals surface area contributed by atoms with Gasteiger partial charge in [0.25, 0.3) is 5.91 Å². The van der Waals surface area contributed by atoms with Crippen LogP contribution in [0.4, 0.5) is 0 Å². The van der Waals surface area contributed by atoms with Crippen molar-refractivity contribution in [2.24, 2.45) is 5.73 Å². The summed E-state index contributed by atoms with van der Waals surface area (Å²) in [5.74, 6) is -0.156. The van der Waals surface area contributed by atoms with Gasteiger partial charge in [0.05, 0.1) is 13.2 Å². The molecule has 0 aliphatic carbocycles. The predicted molar refractivity (Wildman–Crippen MR) is 71.9 cm³/mol. The number of imidazole rings is 1. The van der Waals surface area contributed by atoms with Crippen LogP contribution < -0.4 is 5.73 Å². The van der Waals surface area contributed by atoms with Crippen LogP contribution in [0.15, 0.2) is 12.4 Å².